The van der Waals surface area contributed by atoms with Gasteiger partial charge in [0, 0.05) is 37.5 Å². The predicted molar refractivity (Wildman–Crippen MR) is 132 cm³/mol. The van der Waals surface area contributed by atoms with Crippen molar-refractivity contribution >= 4 is 17.7 Å². The first-order valence-electron chi connectivity index (χ1n) is 12.3. The quantitative estimate of drug-likeness (QED) is 0.396. The van der Waals surface area contributed by atoms with E-state index in [0.29, 0.717) is 50.4 Å². The number of rotatable bonds is 6. The summed E-state index contributed by atoms with van der Waals surface area (Å²) < 4.78 is 63.6. The van der Waals surface area contributed by atoms with Crippen LogP contribution < -0.4 is 20.7 Å². The number of carboxylic acids is 1. The number of alkyl halides is 3. The molecule has 2 aliphatic rings. The van der Waals surface area contributed by atoms with E-state index in [-0.39, 0.29) is 28.5 Å². The predicted octanol–water partition coefficient (Wildman–Crippen LogP) is 3.41. The maximum Gasteiger partial charge on any atom is 0.429 e. The third-order valence-electron chi connectivity index (χ3n) is 7.29. The van der Waals surface area contributed by atoms with Crippen LogP contribution in [0.25, 0.3) is 5.69 Å². The topological polar surface area (TPSA) is 131 Å². The molecule has 0 amide bonds. The number of halogens is 4. The van der Waals surface area contributed by atoms with E-state index < -0.39 is 30.1 Å². The van der Waals surface area contributed by atoms with Crippen LogP contribution in [0.15, 0.2) is 36.5 Å². The normalized spacial score (nSPS) is 19.8. The van der Waals surface area contributed by atoms with Crippen LogP contribution >= 0.6 is 0 Å². The maximum atomic E-state index is 14.3. The number of piperidine rings is 1. The number of aryl methyl sites for hydroxylation is 1. The van der Waals surface area contributed by atoms with Crippen molar-refractivity contribution in [2.24, 2.45) is 5.41 Å². The largest absolute Gasteiger partial charge is 0.480 e. The Morgan fingerprint density at radius 3 is 2.59 bits per heavy atom. The minimum absolute atomic E-state index is 0.126. The summed E-state index contributed by atoms with van der Waals surface area (Å²) in [5.74, 6) is -1.96. The summed E-state index contributed by atoms with van der Waals surface area (Å²) in [5.41, 5.74) is 5.75. The van der Waals surface area contributed by atoms with Crippen molar-refractivity contribution in [1.29, 1.82) is 0 Å². The highest BCUT2D eigenvalue weighted by Gasteiger charge is 2.46. The second kappa shape index (κ2) is 9.98. The van der Waals surface area contributed by atoms with E-state index in [9.17, 15) is 27.5 Å². The molecule has 2 saturated heterocycles. The van der Waals surface area contributed by atoms with Crippen LogP contribution in [0.3, 0.4) is 0 Å². The summed E-state index contributed by atoms with van der Waals surface area (Å²) in [4.78, 5) is 21.3. The maximum absolute atomic E-state index is 14.3. The molecule has 2 aromatic heterocycles. The van der Waals surface area contributed by atoms with Gasteiger partial charge in [0.05, 0.1) is 11.4 Å². The molecule has 0 aliphatic carbocycles. The van der Waals surface area contributed by atoms with Crippen LogP contribution in [-0.2, 0) is 4.79 Å². The number of nitrogen functional groups attached to an aromatic ring is 1. The van der Waals surface area contributed by atoms with E-state index in [1.165, 1.54) is 12.3 Å². The molecule has 1 spiro atoms. The number of aliphatic carboxylic acids is 1. The third-order valence-corrected chi connectivity index (χ3v) is 7.29. The van der Waals surface area contributed by atoms with Gasteiger partial charge < -0.3 is 25.8 Å². The molecule has 0 bridgehead atoms. The molecule has 2 atom stereocenters. The molecule has 4 N–H and O–H groups in total. The monoisotopic (exact) mass is 549 g/mol. The number of nitrogens with zero attached hydrogens (tertiary/aromatic N) is 5. The van der Waals surface area contributed by atoms with Gasteiger partial charge in [-0.3, -0.25) is 4.79 Å². The summed E-state index contributed by atoms with van der Waals surface area (Å²) in [6.45, 7) is 3.26. The molecule has 39 heavy (non-hydrogen) atoms. The highest BCUT2D eigenvalue weighted by atomic mass is 19.4. The number of carbonyl (C=O) groups is 1. The Balaban J connectivity index is 1.40. The fourth-order valence-corrected chi connectivity index (χ4v) is 5.25. The van der Waals surface area contributed by atoms with Crippen LogP contribution in [0.2, 0.25) is 0 Å². The molecule has 10 nitrogen and oxygen atoms in total. The number of hydrogen-bond acceptors (Lipinski definition) is 8. The lowest BCUT2D eigenvalue weighted by atomic mass is 9.76. The molecular weight excluding hydrogens is 522 g/mol. The first-order chi connectivity index (χ1) is 18.4. The second-order valence-corrected chi connectivity index (χ2v) is 10.0. The number of anilines is 2. The van der Waals surface area contributed by atoms with Gasteiger partial charge >= 0.3 is 12.1 Å². The van der Waals surface area contributed by atoms with Crippen LogP contribution in [0.5, 0.6) is 5.88 Å². The van der Waals surface area contributed by atoms with Gasteiger partial charge in [0.1, 0.15) is 17.7 Å². The number of nitrogens with one attached hydrogen (secondary N) is 1. The van der Waals surface area contributed by atoms with Gasteiger partial charge in [0.25, 0.3) is 0 Å². The van der Waals surface area contributed by atoms with Crippen molar-refractivity contribution in [3.05, 3.63) is 53.6 Å². The molecule has 2 fully saturated rings. The Morgan fingerprint density at radius 1 is 1.23 bits per heavy atom. The molecule has 0 radical (unpaired) electrons. The Kier molecular flexibility index (Phi) is 6.83. The zero-order valence-corrected chi connectivity index (χ0v) is 21.0. The highest BCUT2D eigenvalue weighted by Crippen LogP contribution is 2.42. The van der Waals surface area contributed by atoms with Gasteiger partial charge in [-0.1, -0.05) is 0 Å². The van der Waals surface area contributed by atoms with E-state index in [1.54, 1.807) is 13.0 Å². The first kappa shape index (κ1) is 26.7. The molecular formula is C25H27F4N7O3. The minimum atomic E-state index is -4.89. The number of nitrogens with two attached hydrogens (primary N) is 1. The van der Waals surface area contributed by atoms with Crippen LogP contribution in [0, 0.1) is 18.2 Å². The van der Waals surface area contributed by atoms with E-state index in [0.717, 1.165) is 22.9 Å². The molecule has 5 rings (SSSR count). The SMILES string of the molecule is Cc1ccn(-c2cc(F)ccc2C(Oc2cc(N3CCC4(CC3)CNC(C(=O)O)C4)nc(N)n2)C(F)(F)F)n1. The Labute approximate surface area is 220 Å². The molecule has 208 valence electrons. The van der Waals surface area contributed by atoms with Gasteiger partial charge in [-0.05, 0) is 55.9 Å². The summed E-state index contributed by atoms with van der Waals surface area (Å²) >= 11 is 0. The summed E-state index contributed by atoms with van der Waals surface area (Å²) in [6, 6.07) is 5.18. The molecule has 2 unspecified atom stereocenters. The van der Waals surface area contributed by atoms with Gasteiger partial charge in [0.2, 0.25) is 17.9 Å². The van der Waals surface area contributed by atoms with Crippen molar-refractivity contribution in [2.45, 2.75) is 44.5 Å². The molecule has 4 heterocycles. The lowest BCUT2D eigenvalue weighted by Gasteiger charge is -2.39. The van der Waals surface area contributed by atoms with Crippen molar-refractivity contribution in [3.8, 4) is 11.6 Å². The van der Waals surface area contributed by atoms with Crippen molar-refractivity contribution in [2.75, 3.05) is 30.3 Å². The van der Waals surface area contributed by atoms with E-state index >= 15 is 0 Å². The summed E-state index contributed by atoms with van der Waals surface area (Å²) in [5, 5.41) is 16.5. The second-order valence-electron chi connectivity index (χ2n) is 10.0. The van der Waals surface area contributed by atoms with Crippen LogP contribution in [-0.4, -0.2) is 62.7 Å². The van der Waals surface area contributed by atoms with E-state index in [1.807, 2.05) is 4.90 Å². The van der Waals surface area contributed by atoms with E-state index in [2.05, 4.69) is 20.4 Å². The minimum Gasteiger partial charge on any atom is -0.480 e. The standard InChI is InChI=1S/C25H27F4N7O3/c1-14-4-7-36(34-14)18-10-15(26)2-3-16(18)21(25(27,28)29)39-20-11-19(32-23(30)33-20)35-8-5-24(6-9-35)12-17(22(37)38)31-13-24/h2-4,7,10-11,17,21,31H,5-6,8-9,12-13H2,1H3,(H,37,38)(H2,30,32,33). The fraction of sp³-hybridized carbons (Fsp3) is 0.440. The van der Waals surface area contributed by atoms with Crippen molar-refractivity contribution < 1.29 is 32.2 Å². The van der Waals surface area contributed by atoms with Crippen LogP contribution in [0.1, 0.15) is 36.6 Å². The number of hydrogen-bond donors (Lipinski definition) is 3. The van der Waals surface area contributed by atoms with Crippen molar-refractivity contribution in [3.63, 3.8) is 0 Å². The molecule has 3 aromatic rings. The highest BCUT2D eigenvalue weighted by molar-refractivity contribution is 5.74. The summed E-state index contributed by atoms with van der Waals surface area (Å²) in [7, 11) is 0. The van der Waals surface area contributed by atoms with Gasteiger partial charge in [0.15, 0.2) is 0 Å². The first-order valence-corrected chi connectivity index (χ1v) is 12.3. The Morgan fingerprint density at radius 2 is 1.97 bits per heavy atom. The molecule has 1 aromatic carbocycles. The van der Waals surface area contributed by atoms with Crippen LogP contribution in [0.4, 0.5) is 29.3 Å². The van der Waals surface area contributed by atoms with E-state index in [4.69, 9.17) is 10.5 Å². The number of carboxylic acid groups (broad SMARTS) is 1. The lowest BCUT2D eigenvalue weighted by Crippen LogP contribution is -2.41. The lowest BCUT2D eigenvalue weighted by molar-refractivity contribution is -0.198. The van der Waals surface area contributed by atoms with Gasteiger partial charge in [-0.25, -0.2) is 9.07 Å². The summed E-state index contributed by atoms with van der Waals surface area (Å²) in [6.07, 6.45) is -4.08. The molecule has 14 heteroatoms. The molecule has 0 saturated carbocycles. The smallest absolute Gasteiger partial charge is 0.429 e. The third kappa shape index (κ3) is 5.60. The number of ether oxygens (including phenoxy) is 1. The number of aromatic nitrogens is 4. The zero-order valence-electron chi connectivity index (χ0n) is 21.0. The fourth-order valence-electron chi connectivity index (χ4n) is 5.25. The molecule has 2 aliphatic heterocycles. The number of benzene rings is 1. The Bertz CT molecular complexity index is 1370. The average molecular weight is 550 g/mol. The van der Waals surface area contributed by atoms with Crippen molar-refractivity contribution in [1.82, 2.24) is 25.1 Å². The average Bonchev–Trinajstić information content (AvgIpc) is 3.49. The zero-order chi connectivity index (χ0) is 27.9. The van der Waals surface area contributed by atoms with Gasteiger partial charge in [-0.2, -0.15) is 28.2 Å². The Hall–Kier alpha value is -3.94. The van der Waals surface area contributed by atoms with Gasteiger partial charge in [-0.15, -0.1) is 0 Å².